The molecule has 1 aliphatic carbocycles. The SMILES string of the molecule is Cc1ncc(CNC2CC2)n1Cc1cc(F)ccc1Br. The molecule has 1 aromatic carbocycles. The molecule has 1 aromatic heterocycles. The monoisotopic (exact) mass is 337 g/mol. The largest absolute Gasteiger partial charge is 0.327 e. The predicted octanol–water partition coefficient (Wildman–Crippen LogP) is 3.39. The lowest BCUT2D eigenvalue weighted by atomic mass is 10.2. The molecule has 1 saturated carbocycles. The standard InChI is InChI=1S/C15H17BrFN3/c1-10-18-7-14(8-19-13-3-4-13)20(10)9-11-6-12(17)2-5-15(11)16/h2,5-7,13,19H,3-4,8-9H2,1H3. The quantitative estimate of drug-likeness (QED) is 0.906. The van der Waals surface area contributed by atoms with Crippen molar-refractivity contribution >= 4 is 15.9 Å². The van der Waals surface area contributed by atoms with Crippen molar-refractivity contribution in [2.75, 3.05) is 0 Å². The van der Waals surface area contributed by atoms with Crippen LogP contribution in [0.1, 0.15) is 29.9 Å². The van der Waals surface area contributed by atoms with E-state index >= 15 is 0 Å². The molecule has 106 valence electrons. The molecule has 0 saturated heterocycles. The van der Waals surface area contributed by atoms with E-state index in [0.29, 0.717) is 12.6 Å². The van der Waals surface area contributed by atoms with Crippen molar-refractivity contribution in [1.82, 2.24) is 14.9 Å². The zero-order chi connectivity index (χ0) is 14.1. The van der Waals surface area contributed by atoms with Gasteiger partial charge in [-0.05, 0) is 43.5 Å². The predicted molar refractivity (Wildman–Crippen MR) is 80.0 cm³/mol. The zero-order valence-corrected chi connectivity index (χ0v) is 13.0. The summed E-state index contributed by atoms with van der Waals surface area (Å²) in [5.74, 6) is 0.743. The highest BCUT2D eigenvalue weighted by Gasteiger charge is 2.21. The molecule has 1 aliphatic rings. The van der Waals surface area contributed by atoms with Gasteiger partial charge in [0.1, 0.15) is 11.6 Å². The fraction of sp³-hybridized carbons (Fsp3) is 0.400. The van der Waals surface area contributed by atoms with Crippen LogP contribution in [0.4, 0.5) is 4.39 Å². The molecule has 0 amide bonds. The van der Waals surface area contributed by atoms with Gasteiger partial charge in [-0.1, -0.05) is 15.9 Å². The number of aromatic nitrogens is 2. The fourth-order valence-electron chi connectivity index (χ4n) is 2.24. The Labute approximate surface area is 126 Å². The van der Waals surface area contributed by atoms with Crippen molar-refractivity contribution in [3.8, 4) is 0 Å². The van der Waals surface area contributed by atoms with Gasteiger partial charge in [-0.3, -0.25) is 0 Å². The van der Waals surface area contributed by atoms with Crippen molar-refractivity contribution in [3.05, 3.63) is 51.8 Å². The van der Waals surface area contributed by atoms with Crippen LogP contribution >= 0.6 is 15.9 Å². The number of nitrogens with one attached hydrogen (secondary N) is 1. The third-order valence-corrected chi connectivity index (χ3v) is 4.40. The summed E-state index contributed by atoms with van der Waals surface area (Å²) in [6.07, 6.45) is 4.43. The molecule has 3 rings (SSSR count). The van der Waals surface area contributed by atoms with Crippen molar-refractivity contribution in [1.29, 1.82) is 0 Å². The van der Waals surface area contributed by atoms with Gasteiger partial charge in [0.15, 0.2) is 0 Å². The Hall–Kier alpha value is -1.20. The molecule has 0 bridgehead atoms. The molecule has 0 spiro atoms. The van der Waals surface area contributed by atoms with E-state index in [0.717, 1.165) is 28.1 Å². The summed E-state index contributed by atoms with van der Waals surface area (Å²) in [6.45, 7) is 3.43. The van der Waals surface area contributed by atoms with Crippen LogP contribution in [0.3, 0.4) is 0 Å². The van der Waals surface area contributed by atoms with Gasteiger partial charge in [-0.25, -0.2) is 9.37 Å². The zero-order valence-electron chi connectivity index (χ0n) is 11.4. The average molecular weight is 338 g/mol. The Kier molecular flexibility index (Phi) is 3.89. The van der Waals surface area contributed by atoms with E-state index in [1.165, 1.54) is 18.9 Å². The highest BCUT2D eigenvalue weighted by molar-refractivity contribution is 9.10. The van der Waals surface area contributed by atoms with Gasteiger partial charge < -0.3 is 9.88 Å². The van der Waals surface area contributed by atoms with Crippen LogP contribution in [-0.2, 0) is 13.1 Å². The molecule has 0 unspecified atom stereocenters. The maximum atomic E-state index is 13.4. The Morgan fingerprint density at radius 1 is 1.45 bits per heavy atom. The summed E-state index contributed by atoms with van der Waals surface area (Å²) in [5.41, 5.74) is 2.07. The van der Waals surface area contributed by atoms with Crippen LogP contribution in [0.5, 0.6) is 0 Å². The molecule has 1 fully saturated rings. The average Bonchev–Trinajstić information content (AvgIpc) is 3.19. The first-order chi connectivity index (χ1) is 9.63. The highest BCUT2D eigenvalue weighted by atomic mass is 79.9. The minimum absolute atomic E-state index is 0.210. The van der Waals surface area contributed by atoms with Gasteiger partial charge in [0.25, 0.3) is 0 Å². The molecule has 1 heterocycles. The van der Waals surface area contributed by atoms with Crippen LogP contribution in [0.25, 0.3) is 0 Å². The number of nitrogens with zero attached hydrogens (tertiary/aromatic N) is 2. The normalized spacial score (nSPS) is 14.8. The van der Waals surface area contributed by atoms with Crippen LogP contribution in [0.15, 0.2) is 28.9 Å². The molecule has 1 N–H and O–H groups in total. The molecule has 20 heavy (non-hydrogen) atoms. The van der Waals surface area contributed by atoms with Crippen molar-refractivity contribution < 1.29 is 4.39 Å². The highest BCUT2D eigenvalue weighted by Crippen LogP contribution is 2.22. The Morgan fingerprint density at radius 3 is 3.00 bits per heavy atom. The van der Waals surface area contributed by atoms with Gasteiger partial charge in [-0.15, -0.1) is 0 Å². The lowest BCUT2D eigenvalue weighted by molar-refractivity contribution is 0.611. The molecule has 0 aliphatic heterocycles. The van der Waals surface area contributed by atoms with Crippen molar-refractivity contribution in [2.24, 2.45) is 0 Å². The first kappa shape index (κ1) is 13.8. The lowest BCUT2D eigenvalue weighted by Gasteiger charge is -2.12. The third kappa shape index (κ3) is 3.10. The summed E-state index contributed by atoms with van der Waals surface area (Å²) >= 11 is 3.48. The van der Waals surface area contributed by atoms with E-state index in [1.807, 2.05) is 13.1 Å². The second-order valence-corrected chi connectivity index (χ2v) is 6.13. The number of halogens is 2. The smallest absolute Gasteiger partial charge is 0.123 e. The molecule has 5 heteroatoms. The van der Waals surface area contributed by atoms with Gasteiger partial charge >= 0.3 is 0 Å². The summed E-state index contributed by atoms with van der Waals surface area (Å²) in [7, 11) is 0. The molecule has 3 nitrogen and oxygen atoms in total. The number of rotatable bonds is 5. The molecular weight excluding hydrogens is 321 g/mol. The van der Waals surface area contributed by atoms with Crippen molar-refractivity contribution in [3.63, 3.8) is 0 Å². The van der Waals surface area contributed by atoms with E-state index in [1.54, 1.807) is 12.1 Å². The van der Waals surface area contributed by atoms with Crippen LogP contribution in [0, 0.1) is 12.7 Å². The van der Waals surface area contributed by atoms with Gasteiger partial charge in [0, 0.05) is 23.3 Å². The summed E-state index contributed by atoms with van der Waals surface area (Å²) in [6, 6.07) is 5.45. The minimum Gasteiger partial charge on any atom is -0.327 e. The summed E-state index contributed by atoms with van der Waals surface area (Å²) < 4.78 is 16.4. The first-order valence-electron chi connectivity index (χ1n) is 6.82. The summed E-state index contributed by atoms with van der Waals surface area (Å²) in [4.78, 5) is 4.38. The first-order valence-corrected chi connectivity index (χ1v) is 7.61. The number of hydrogen-bond acceptors (Lipinski definition) is 2. The number of hydrogen-bond donors (Lipinski definition) is 1. The Morgan fingerprint density at radius 2 is 2.25 bits per heavy atom. The Balaban J connectivity index is 1.81. The molecular formula is C15H17BrFN3. The molecule has 0 atom stereocenters. The number of aryl methyl sites for hydroxylation is 1. The lowest BCUT2D eigenvalue weighted by Crippen LogP contribution is -2.19. The topological polar surface area (TPSA) is 29.9 Å². The summed E-state index contributed by atoms with van der Waals surface area (Å²) in [5, 5.41) is 3.49. The number of benzene rings is 1. The van der Waals surface area contributed by atoms with Gasteiger partial charge in [-0.2, -0.15) is 0 Å². The van der Waals surface area contributed by atoms with E-state index < -0.39 is 0 Å². The van der Waals surface area contributed by atoms with E-state index in [9.17, 15) is 4.39 Å². The molecule has 2 aromatic rings. The van der Waals surface area contributed by atoms with Gasteiger partial charge in [0.05, 0.1) is 12.2 Å². The van der Waals surface area contributed by atoms with E-state index in [-0.39, 0.29) is 5.82 Å². The van der Waals surface area contributed by atoms with Crippen LogP contribution in [-0.4, -0.2) is 15.6 Å². The minimum atomic E-state index is -0.210. The van der Waals surface area contributed by atoms with E-state index in [4.69, 9.17) is 0 Å². The fourth-order valence-corrected chi connectivity index (χ4v) is 2.62. The van der Waals surface area contributed by atoms with E-state index in [2.05, 4.69) is 30.8 Å². The maximum absolute atomic E-state index is 13.4. The Bertz CT molecular complexity index is 620. The van der Waals surface area contributed by atoms with Crippen LogP contribution < -0.4 is 5.32 Å². The van der Waals surface area contributed by atoms with Crippen LogP contribution in [0.2, 0.25) is 0 Å². The second-order valence-electron chi connectivity index (χ2n) is 5.27. The second kappa shape index (κ2) is 5.66. The molecule has 0 radical (unpaired) electrons. The van der Waals surface area contributed by atoms with Gasteiger partial charge in [0.2, 0.25) is 0 Å². The number of imidazole rings is 1. The maximum Gasteiger partial charge on any atom is 0.123 e. The third-order valence-electron chi connectivity index (χ3n) is 3.62. The van der Waals surface area contributed by atoms with Crippen molar-refractivity contribution in [2.45, 2.75) is 38.9 Å².